The maximum absolute atomic E-state index is 13.0. The normalized spacial score (nSPS) is 13.9. The van der Waals surface area contributed by atoms with Crippen LogP contribution in [0.5, 0.6) is 0 Å². The fourth-order valence-corrected chi connectivity index (χ4v) is 4.61. The molecule has 1 aliphatic rings. The molecule has 0 bridgehead atoms. The van der Waals surface area contributed by atoms with Crippen LogP contribution in [0.15, 0.2) is 79.1 Å². The number of nitrogens with zero attached hydrogens (tertiary/aromatic N) is 7. The Morgan fingerprint density at radius 2 is 1.58 bits per heavy atom. The van der Waals surface area contributed by atoms with E-state index in [0.29, 0.717) is 29.9 Å². The fraction of sp³-hybridized carbons (Fsp3) is 0.154. The summed E-state index contributed by atoms with van der Waals surface area (Å²) >= 11 is 0. The lowest BCUT2D eigenvalue weighted by atomic mass is 10.0. The van der Waals surface area contributed by atoms with E-state index in [1.807, 2.05) is 34.7 Å². The summed E-state index contributed by atoms with van der Waals surface area (Å²) in [6, 6.07) is 21.3. The van der Waals surface area contributed by atoms with Crippen LogP contribution in [0.25, 0.3) is 16.7 Å². The van der Waals surface area contributed by atoms with Crippen molar-refractivity contribution >= 4 is 39.7 Å². The molecule has 1 saturated heterocycles. The van der Waals surface area contributed by atoms with Crippen LogP contribution >= 0.6 is 0 Å². The summed E-state index contributed by atoms with van der Waals surface area (Å²) in [4.78, 5) is 32.8. The predicted molar refractivity (Wildman–Crippen MR) is 136 cm³/mol. The zero-order chi connectivity index (χ0) is 24.6. The molecule has 0 atom stereocenters. The number of benzene rings is 3. The molecule has 10 nitrogen and oxygen atoms in total. The Kier molecular flexibility index (Phi) is 5.25. The third-order valence-corrected chi connectivity index (χ3v) is 6.51. The SMILES string of the molecule is O=C(c1ccccc1)c1ccc2nc(N3CCN(c4ccc([N+](=O)[O-])cc4)CC3)c3nncn3c2c1. The minimum Gasteiger partial charge on any atom is -0.368 e. The van der Waals surface area contributed by atoms with Crippen molar-refractivity contribution in [3.8, 4) is 0 Å². The van der Waals surface area contributed by atoms with Crippen molar-refractivity contribution in [2.45, 2.75) is 0 Å². The van der Waals surface area contributed by atoms with Crippen molar-refractivity contribution in [2.75, 3.05) is 36.0 Å². The Bertz CT molecular complexity index is 1590. The summed E-state index contributed by atoms with van der Waals surface area (Å²) in [6.07, 6.45) is 1.65. The highest BCUT2D eigenvalue weighted by Crippen LogP contribution is 2.27. The highest BCUT2D eigenvalue weighted by molar-refractivity contribution is 6.10. The van der Waals surface area contributed by atoms with E-state index in [9.17, 15) is 14.9 Å². The van der Waals surface area contributed by atoms with E-state index in [0.717, 1.165) is 35.6 Å². The number of aromatic nitrogens is 4. The maximum atomic E-state index is 13.0. The number of anilines is 2. The van der Waals surface area contributed by atoms with Gasteiger partial charge in [0.2, 0.25) is 5.65 Å². The number of nitro groups is 1. The maximum Gasteiger partial charge on any atom is 0.269 e. The summed E-state index contributed by atoms with van der Waals surface area (Å²) in [5, 5.41) is 19.4. The van der Waals surface area contributed by atoms with Gasteiger partial charge in [-0.15, -0.1) is 10.2 Å². The molecular formula is C26H21N7O3. The van der Waals surface area contributed by atoms with Crippen molar-refractivity contribution in [3.05, 3.63) is 100 Å². The average molecular weight is 480 g/mol. The van der Waals surface area contributed by atoms with Crippen LogP contribution in [0.3, 0.4) is 0 Å². The smallest absolute Gasteiger partial charge is 0.269 e. The summed E-state index contributed by atoms with van der Waals surface area (Å²) < 4.78 is 1.88. The highest BCUT2D eigenvalue weighted by Gasteiger charge is 2.23. The van der Waals surface area contributed by atoms with Crippen LogP contribution in [0.2, 0.25) is 0 Å². The van der Waals surface area contributed by atoms with Crippen molar-refractivity contribution in [2.24, 2.45) is 0 Å². The monoisotopic (exact) mass is 479 g/mol. The second-order valence-electron chi connectivity index (χ2n) is 8.61. The Morgan fingerprint density at radius 3 is 2.31 bits per heavy atom. The fourth-order valence-electron chi connectivity index (χ4n) is 4.61. The lowest BCUT2D eigenvalue weighted by Crippen LogP contribution is -2.47. The summed E-state index contributed by atoms with van der Waals surface area (Å²) in [5.74, 6) is 0.690. The van der Waals surface area contributed by atoms with Gasteiger partial charge in [0.15, 0.2) is 11.6 Å². The van der Waals surface area contributed by atoms with Crippen LogP contribution in [0.4, 0.5) is 17.2 Å². The van der Waals surface area contributed by atoms with Gasteiger partial charge < -0.3 is 9.80 Å². The first-order chi connectivity index (χ1) is 17.6. The Labute approximate surface area is 205 Å². The zero-order valence-corrected chi connectivity index (χ0v) is 19.2. The number of piperazine rings is 1. The second-order valence-corrected chi connectivity index (χ2v) is 8.61. The van der Waals surface area contributed by atoms with E-state index < -0.39 is 4.92 Å². The number of nitro benzene ring substituents is 1. The van der Waals surface area contributed by atoms with Crippen LogP contribution in [-0.2, 0) is 0 Å². The molecule has 0 amide bonds. The van der Waals surface area contributed by atoms with Crippen LogP contribution in [0.1, 0.15) is 15.9 Å². The molecule has 6 rings (SSSR count). The third kappa shape index (κ3) is 3.78. The van der Waals surface area contributed by atoms with Gasteiger partial charge in [0, 0.05) is 55.1 Å². The van der Waals surface area contributed by atoms with Crippen LogP contribution < -0.4 is 9.80 Å². The molecule has 10 heteroatoms. The van der Waals surface area contributed by atoms with Gasteiger partial charge in [0.25, 0.3) is 5.69 Å². The number of ketones is 1. The van der Waals surface area contributed by atoms with Gasteiger partial charge >= 0.3 is 0 Å². The molecule has 3 heterocycles. The molecule has 1 aliphatic heterocycles. The van der Waals surface area contributed by atoms with E-state index in [1.54, 1.807) is 36.7 Å². The lowest BCUT2D eigenvalue weighted by Gasteiger charge is -2.36. The molecule has 1 fully saturated rings. The average Bonchev–Trinajstić information content (AvgIpc) is 3.43. The Hall–Kier alpha value is -4.86. The molecule has 0 saturated carbocycles. The third-order valence-electron chi connectivity index (χ3n) is 6.51. The minimum atomic E-state index is -0.391. The van der Waals surface area contributed by atoms with Gasteiger partial charge in [-0.25, -0.2) is 4.98 Å². The second kappa shape index (κ2) is 8.73. The van der Waals surface area contributed by atoms with E-state index >= 15 is 0 Å². The van der Waals surface area contributed by atoms with Crippen LogP contribution in [-0.4, -0.2) is 56.5 Å². The molecular weight excluding hydrogens is 458 g/mol. The standard InChI is InChI=1S/C26H21N7O3/c34-24(18-4-2-1-3-5-18)19-6-11-22-23(16-19)32-17-27-29-26(32)25(28-22)31-14-12-30(13-15-31)20-7-9-21(10-8-20)33(35)36/h1-11,16-17H,12-15H2. The number of carbonyl (C=O) groups is 1. The molecule has 0 aliphatic carbocycles. The van der Waals surface area contributed by atoms with Gasteiger partial charge in [0.1, 0.15) is 6.33 Å². The molecule has 3 aromatic carbocycles. The minimum absolute atomic E-state index is 0.0508. The van der Waals surface area contributed by atoms with Crippen molar-refractivity contribution < 1.29 is 9.72 Å². The lowest BCUT2D eigenvalue weighted by molar-refractivity contribution is -0.384. The Balaban J connectivity index is 1.28. The van der Waals surface area contributed by atoms with E-state index in [4.69, 9.17) is 4.98 Å². The van der Waals surface area contributed by atoms with Gasteiger partial charge in [-0.3, -0.25) is 19.3 Å². The molecule has 0 N–H and O–H groups in total. The van der Waals surface area contributed by atoms with Gasteiger partial charge in [0.05, 0.1) is 16.0 Å². The number of non-ortho nitro benzene ring substituents is 1. The number of fused-ring (bicyclic) bond motifs is 3. The summed E-state index contributed by atoms with van der Waals surface area (Å²) in [5.41, 5.74) is 4.40. The molecule has 0 unspecified atom stereocenters. The van der Waals surface area contributed by atoms with Gasteiger partial charge in [-0.05, 0) is 30.3 Å². The zero-order valence-electron chi connectivity index (χ0n) is 19.2. The molecule has 2 aromatic heterocycles. The number of hydrogen-bond acceptors (Lipinski definition) is 8. The first-order valence-corrected chi connectivity index (χ1v) is 11.6. The summed E-state index contributed by atoms with van der Waals surface area (Å²) in [6.45, 7) is 2.90. The first-order valence-electron chi connectivity index (χ1n) is 11.6. The van der Waals surface area contributed by atoms with Crippen molar-refractivity contribution in [1.29, 1.82) is 0 Å². The topological polar surface area (TPSA) is 110 Å². The Morgan fingerprint density at radius 1 is 0.861 bits per heavy atom. The van der Waals surface area contributed by atoms with E-state index in [1.165, 1.54) is 12.1 Å². The molecule has 36 heavy (non-hydrogen) atoms. The number of carbonyl (C=O) groups excluding carboxylic acids is 1. The van der Waals surface area contributed by atoms with Crippen molar-refractivity contribution in [1.82, 2.24) is 19.6 Å². The van der Waals surface area contributed by atoms with Gasteiger partial charge in [-0.1, -0.05) is 30.3 Å². The molecule has 178 valence electrons. The van der Waals surface area contributed by atoms with Gasteiger partial charge in [-0.2, -0.15) is 0 Å². The predicted octanol–water partition coefficient (Wildman–Crippen LogP) is 3.74. The van der Waals surface area contributed by atoms with E-state index in [-0.39, 0.29) is 11.5 Å². The first kappa shape index (κ1) is 21.7. The van der Waals surface area contributed by atoms with E-state index in [2.05, 4.69) is 20.0 Å². The van der Waals surface area contributed by atoms with Crippen LogP contribution in [0, 0.1) is 10.1 Å². The molecule has 0 spiro atoms. The summed E-state index contributed by atoms with van der Waals surface area (Å²) in [7, 11) is 0. The number of hydrogen-bond donors (Lipinski definition) is 0. The number of rotatable bonds is 5. The highest BCUT2D eigenvalue weighted by atomic mass is 16.6. The molecule has 5 aromatic rings. The molecule has 0 radical (unpaired) electrons. The largest absolute Gasteiger partial charge is 0.368 e. The van der Waals surface area contributed by atoms with Crippen molar-refractivity contribution in [3.63, 3.8) is 0 Å². The quantitative estimate of drug-likeness (QED) is 0.213.